The minimum Gasteiger partial charge on any atom is -0.378 e. The maximum Gasteiger partial charge on any atom is 0.0590 e. The lowest BCUT2D eigenvalue weighted by molar-refractivity contribution is 0.0946. The third kappa shape index (κ3) is 4.41. The molecule has 2 atom stereocenters. The molecule has 2 nitrogen and oxygen atoms in total. The molecular formula is C14H23NOS. The van der Waals surface area contributed by atoms with E-state index < -0.39 is 0 Å². The molecule has 1 aliphatic heterocycles. The average molecular weight is 253 g/mol. The number of hydrogen-bond acceptors (Lipinski definition) is 3. The second-order valence-electron chi connectivity index (χ2n) is 4.86. The Morgan fingerprint density at radius 2 is 2.53 bits per heavy atom. The Hall–Kier alpha value is -0.380. The van der Waals surface area contributed by atoms with Crippen LogP contribution < -0.4 is 5.32 Å². The topological polar surface area (TPSA) is 21.3 Å². The Morgan fingerprint density at radius 1 is 1.59 bits per heavy atom. The molecule has 2 heterocycles. The van der Waals surface area contributed by atoms with Gasteiger partial charge in [0.1, 0.15) is 0 Å². The van der Waals surface area contributed by atoms with Crippen molar-refractivity contribution in [3.8, 4) is 0 Å². The number of rotatable bonds is 7. The van der Waals surface area contributed by atoms with Crippen LogP contribution in [0, 0.1) is 0 Å². The zero-order chi connectivity index (χ0) is 11.9. The minimum absolute atomic E-state index is 0.489. The normalized spacial score (nSPS) is 21.8. The summed E-state index contributed by atoms with van der Waals surface area (Å²) in [5.41, 5.74) is 1.46. The van der Waals surface area contributed by atoms with Gasteiger partial charge >= 0.3 is 0 Å². The summed E-state index contributed by atoms with van der Waals surface area (Å²) in [6, 6.07) is 2.81. The summed E-state index contributed by atoms with van der Waals surface area (Å²) in [4.78, 5) is 0. The summed E-state index contributed by atoms with van der Waals surface area (Å²) < 4.78 is 5.75. The van der Waals surface area contributed by atoms with Gasteiger partial charge in [-0.3, -0.25) is 0 Å². The van der Waals surface area contributed by atoms with E-state index in [1.54, 1.807) is 11.3 Å². The van der Waals surface area contributed by atoms with Gasteiger partial charge in [-0.05, 0) is 61.0 Å². The van der Waals surface area contributed by atoms with Crippen molar-refractivity contribution in [2.75, 3.05) is 13.2 Å². The van der Waals surface area contributed by atoms with Gasteiger partial charge in [0, 0.05) is 12.6 Å². The van der Waals surface area contributed by atoms with Crippen molar-refractivity contribution < 1.29 is 4.74 Å². The first-order chi connectivity index (χ1) is 8.38. The van der Waals surface area contributed by atoms with E-state index in [4.69, 9.17) is 4.74 Å². The van der Waals surface area contributed by atoms with E-state index in [2.05, 4.69) is 29.1 Å². The van der Waals surface area contributed by atoms with Gasteiger partial charge < -0.3 is 10.1 Å². The van der Waals surface area contributed by atoms with E-state index >= 15 is 0 Å². The molecule has 17 heavy (non-hydrogen) atoms. The van der Waals surface area contributed by atoms with Gasteiger partial charge in [-0.2, -0.15) is 11.3 Å². The highest BCUT2D eigenvalue weighted by Crippen LogP contribution is 2.19. The Morgan fingerprint density at radius 3 is 3.18 bits per heavy atom. The Kier molecular flexibility index (Phi) is 5.49. The molecule has 1 aliphatic rings. The summed E-state index contributed by atoms with van der Waals surface area (Å²) in [6.45, 7) is 4.30. The van der Waals surface area contributed by atoms with Gasteiger partial charge in [0.25, 0.3) is 0 Å². The number of hydrogen-bond donors (Lipinski definition) is 1. The molecule has 2 rings (SSSR count). The highest BCUT2D eigenvalue weighted by molar-refractivity contribution is 7.07. The van der Waals surface area contributed by atoms with Gasteiger partial charge in [-0.15, -0.1) is 0 Å². The molecule has 0 saturated carbocycles. The molecule has 1 aromatic rings. The quantitative estimate of drug-likeness (QED) is 0.805. The van der Waals surface area contributed by atoms with Crippen LogP contribution in [0.3, 0.4) is 0 Å². The number of thiophene rings is 1. The van der Waals surface area contributed by atoms with Gasteiger partial charge in [-0.25, -0.2) is 0 Å². The van der Waals surface area contributed by atoms with E-state index in [1.807, 2.05) is 0 Å². The maximum absolute atomic E-state index is 5.75. The third-order valence-corrected chi connectivity index (χ3v) is 4.05. The molecular weight excluding hydrogens is 230 g/mol. The molecule has 1 saturated heterocycles. The Labute approximate surface area is 108 Å². The van der Waals surface area contributed by atoms with Gasteiger partial charge in [0.15, 0.2) is 0 Å². The highest BCUT2D eigenvalue weighted by Gasteiger charge is 2.20. The summed E-state index contributed by atoms with van der Waals surface area (Å²) in [6.07, 6.45) is 6.48. The van der Waals surface area contributed by atoms with Crippen molar-refractivity contribution in [2.24, 2.45) is 0 Å². The molecule has 0 bridgehead atoms. The lowest BCUT2D eigenvalue weighted by atomic mass is 10.0. The SMILES string of the molecule is CCCNC(Cc1ccsc1)CC1CCCO1. The van der Waals surface area contributed by atoms with Crippen LogP contribution in [0.1, 0.15) is 38.2 Å². The standard InChI is InChI=1S/C14H23NOS/c1-2-6-15-13(9-12-5-8-17-11-12)10-14-4-3-7-16-14/h5,8,11,13-15H,2-4,6-7,9-10H2,1H3. The molecule has 1 N–H and O–H groups in total. The molecule has 1 aromatic heterocycles. The third-order valence-electron chi connectivity index (χ3n) is 3.32. The fourth-order valence-corrected chi connectivity index (χ4v) is 3.11. The van der Waals surface area contributed by atoms with Crippen molar-refractivity contribution in [1.82, 2.24) is 5.32 Å². The van der Waals surface area contributed by atoms with Crippen LogP contribution in [0.4, 0.5) is 0 Å². The van der Waals surface area contributed by atoms with Crippen LogP contribution >= 0.6 is 11.3 Å². The first-order valence-electron chi connectivity index (χ1n) is 6.74. The zero-order valence-corrected chi connectivity index (χ0v) is 11.5. The molecule has 0 radical (unpaired) electrons. The molecule has 0 spiro atoms. The zero-order valence-electron chi connectivity index (χ0n) is 10.7. The molecule has 1 fully saturated rings. The maximum atomic E-state index is 5.75. The average Bonchev–Trinajstić information content (AvgIpc) is 2.99. The van der Waals surface area contributed by atoms with Gasteiger partial charge in [0.2, 0.25) is 0 Å². The van der Waals surface area contributed by atoms with E-state index in [1.165, 1.54) is 24.8 Å². The second-order valence-corrected chi connectivity index (χ2v) is 5.64. The Balaban J connectivity index is 1.83. The van der Waals surface area contributed by atoms with Crippen molar-refractivity contribution in [3.05, 3.63) is 22.4 Å². The van der Waals surface area contributed by atoms with Crippen molar-refractivity contribution >= 4 is 11.3 Å². The summed E-state index contributed by atoms with van der Waals surface area (Å²) in [7, 11) is 0. The summed E-state index contributed by atoms with van der Waals surface area (Å²) in [5, 5.41) is 8.08. The fraction of sp³-hybridized carbons (Fsp3) is 0.714. The van der Waals surface area contributed by atoms with Crippen LogP contribution in [0.25, 0.3) is 0 Å². The van der Waals surface area contributed by atoms with E-state index in [-0.39, 0.29) is 0 Å². The van der Waals surface area contributed by atoms with E-state index in [9.17, 15) is 0 Å². The first-order valence-corrected chi connectivity index (χ1v) is 7.69. The molecule has 0 amide bonds. The van der Waals surface area contributed by atoms with Crippen LogP contribution in [-0.4, -0.2) is 25.3 Å². The number of ether oxygens (including phenoxy) is 1. The van der Waals surface area contributed by atoms with Crippen molar-refractivity contribution in [3.63, 3.8) is 0 Å². The highest BCUT2D eigenvalue weighted by atomic mass is 32.1. The molecule has 0 aliphatic carbocycles. The second kappa shape index (κ2) is 7.14. The van der Waals surface area contributed by atoms with E-state index in [0.29, 0.717) is 12.1 Å². The molecule has 3 heteroatoms. The Bertz CT molecular complexity index is 293. The van der Waals surface area contributed by atoms with Crippen molar-refractivity contribution in [1.29, 1.82) is 0 Å². The van der Waals surface area contributed by atoms with Crippen LogP contribution in [0.5, 0.6) is 0 Å². The molecule has 96 valence electrons. The van der Waals surface area contributed by atoms with Gasteiger partial charge in [-0.1, -0.05) is 6.92 Å². The monoisotopic (exact) mass is 253 g/mol. The predicted molar refractivity (Wildman–Crippen MR) is 73.7 cm³/mol. The van der Waals surface area contributed by atoms with Crippen LogP contribution in [0.15, 0.2) is 16.8 Å². The lowest BCUT2D eigenvalue weighted by Gasteiger charge is -2.21. The minimum atomic E-state index is 0.489. The summed E-state index contributed by atoms with van der Waals surface area (Å²) >= 11 is 1.79. The van der Waals surface area contributed by atoms with Crippen LogP contribution in [-0.2, 0) is 11.2 Å². The molecule has 0 aromatic carbocycles. The predicted octanol–water partition coefficient (Wildman–Crippen LogP) is 3.23. The van der Waals surface area contributed by atoms with E-state index in [0.717, 1.165) is 26.0 Å². The van der Waals surface area contributed by atoms with Crippen molar-refractivity contribution in [2.45, 2.75) is 51.2 Å². The van der Waals surface area contributed by atoms with Crippen LogP contribution in [0.2, 0.25) is 0 Å². The summed E-state index contributed by atoms with van der Waals surface area (Å²) in [5.74, 6) is 0. The lowest BCUT2D eigenvalue weighted by Crippen LogP contribution is -2.35. The fourth-order valence-electron chi connectivity index (χ4n) is 2.43. The first kappa shape index (κ1) is 13.1. The smallest absolute Gasteiger partial charge is 0.0590 e. The molecule has 2 unspecified atom stereocenters. The largest absolute Gasteiger partial charge is 0.378 e. The van der Waals surface area contributed by atoms with Gasteiger partial charge in [0.05, 0.1) is 6.10 Å². The number of nitrogens with one attached hydrogen (secondary N) is 1.